The molecule has 20 heavy (non-hydrogen) atoms. The summed E-state index contributed by atoms with van der Waals surface area (Å²) in [5.41, 5.74) is 0.597. The molecule has 0 aliphatic rings. The van der Waals surface area contributed by atoms with Gasteiger partial charge >= 0.3 is 6.18 Å². The molecule has 0 aliphatic carbocycles. The number of pyridine rings is 1. The van der Waals surface area contributed by atoms with Crippen LogP contribution in [0.25, 0.3) is 0 Å². The maximum atomic E-state index is 12.8. The number of hydrogen-bond donors (Lipinski definition) is 1. The van der Waals surface area contributed by atoms with Crippen LogP contribution in [0.15, 0.2) is 48.8 Å². The van der Waals surface area contributed by atoms with E-state index in [0.29, 0.717) is 6.54 Å². The van der Waals surface area contributed by atoms with Crippen LogP contribution in [0, 0.1) is 0 Å². The van der Waals surface area contributed by atoms with Gasteiger partial charge in [0.05, 0.1) is 5.56 Å². The highest BCUT2D eigenvalue weighted by Gasteiger charge is 2.32. The van der Waals surface area contributed by atoms with Gasteiger partial charge in [0.15, 0.2) is 0 Å². The lowest BCUT2D eigenvalue weighted by molar-refractivity contribution is -0.138. The van der Waals surface area contributed by atoms with Crippen LogP contribution in [-0.4, -0.2) is 4.98 Å². The van der Waals surface area contributed by atoms with E-state index in [-0.39, 0.29) is 24.5 Å². The molecule has 0 spiro atoms. The van der Waals surface area contributed by atoms with Gasteiger partial charge in [-0.05, 0) is 23.3 Å². The third-order valence-electron chi connectivity index (χ3n) is 2.69. The summed E-state index contributed by atoms with van der Waals surface area (Å²) in [5.74, 6) is 0. The number of benzene rings is 1. The van der Waals surface area contributed by atoms with Crippen LogP contribution in [0.4, 0.5) is 13.2 Å². The van der Waals surface area contributed by atoms with Crippen molar-refractivity contribution in [1.82, 2.24) is 10.3 Å². The Hall–Kier alpha value is -1.59. The fraction of sp³-hybridized carbons (Fsp3) is 0.214. The summed E-state index contributed by atoms with van der Waals surface area (Å²) >= 11 is 0. The van der Waals surface area contributed by atoms with Crippen molar-refractivity contribution in [3.05, 3.63) is 65.5 Å². The summed E-state index contributed by atoms with van der Waals surface area (Å²) in [7, 11) is 0. The molecule has 0 atom stereocenters. The second kappa shape index (κ2) is 7.26. The third kappa shape index (κ3) is 4.51. The molecule has 1 heterocycles. The molecule has 0 amide bonds. The van der Waals surface area contributed by atoms with E-state index in [2.05, 4.69) is 10.3 Å². The van der Waals surface area contributed by atoms with E-state index >= 15 is 0 Å². The van der Waals surface area contributed by atoms with Crippen LogP contribution in [0.5, 0.6) is 0 Å². The molecule has 6 heteroatoms. The molecular formula is C14H14ClF3N2. The second-order valence-corrected chi connectivity index (χ2v) is 4.12. The molecule has 0 saturated carbocycles. The van der Waals surface area contributed by atoms with Crippen molar-refractivity contribution in [3.63, 3.8) is 0 Å². The molecule has 1 N–H and O–H groups in total. The minimum absolute atomic E-state index is 0. The first kappa shape index (κ1) is 16.5. The maximum Gasteiger partial charge on any atom is 0.416 e. The van der Waals surface area contributed by atoms with E-state index in [9.17, 15) is 13.2 Å². The number of nitrogens with zero attached hydrogens (tertiary/aromatic N) is 1. The van der Waals surface area contributed by atoms with Gasteiger partial charge in [0.1, 0.15) is 0 Å². The van der Waals surface area contributed by atoms with Gasteiger partial charge in [-0.1, -0.05) is 24.3 Å². The van der Waals surface area contributed by atoms with Crippen molar-refractivity contribution in [2.75, 3.05) is 0 Å². The smallest absolute Gasteiger partial charge is 0.309 e. The van der Waals surface area contributed by atoms with Gasteiger partial charge < -0.3 is 5.32 Å². The van der Waals surface area contributed by atoms with Crippen molar-refractivity contribution in [2.45, 2.75) is 19.3 Å². The Labute approximate surface area is 121 Å². The lowest BCUT2D eigenvalue weighted by atomic mass is 10.1. The topological polar surface area (TPSA) is 24.9 Å². The number of nitrogens with one attached hydrogen (secondary N) is 1. The molecule has 0 bridgehead atoms. The van der Waals surface area contributed by atoms with Crippen LogP contribution in [0.1, 0.15) is 16.7 Å². The Morgan fingerprint density at radius 2 is 1.75 bits per heavy atom. The fourth-order valence-electron chi connectivity index (χ4n) is 1.80. The van der Waals surface area contributed by atoms with Gasteiger partial charge in [-0.15, -0.1) is 12.4 Å². The Bertz CT molecular complexity index is 529. The molecule has 0 saturated heterocycles. The third-order valence-corrected chi connectivity index (χ3v) is 2.69. The summed E-state index contributed by atoms with van der Waals surface area (Å²) in [6.07, 6.45) is -0.975. The van der Waals surface area contributed by atoms with Crippen LogP contribution >= 0.6 is 12.4 Å². The van der Waals surface area contributed by atoms with Gasteiger partial charge in [-0.25, -0.2) is 0 Å². The number of rotatable bonds is 4. The van der Waals surface area contributed by atoms with E-state index in [1.54, 1.807) is 24.5 Å². The zero-order valence-corrected chi connectivity index (χ0v) is 11.3. The second-order valence-electron chi connectivity index (χ2n) is 4.12. The zero-order chi connectivity index (χ0) is 13.7. The van der Waals surface area contributed by atoms with Crippen LogP contribution in [0.3, 0.4) is 0 Å². The van der Waals surface area contributed by atoms with Gasteiger partial charge in [0, 0.05) is 25.5 Å². The Morgan fingerprint density at radius 1 is 1.00 bits per heavy atom. The first-order valence-corrected chi connectivity index (χ1v) is 5.82. The molecule has 0 radical (unpaired) electrons. The number of halogens is 4. The highest BCUT2D eigenvalue weighted by Crippen LogP contribution is 2.31. The average Bonchev–Trinajstić information content (AvgIpc) is 2.39. The summed E-state index contributed by atoms with van der Waals surface area (Å²) in [6.45, 7) is 0.657. The molecule has 0 aliphatic heterocycles. The quantitative estimate of drug-likeness (QED) is 0.929. The van der Waals surface area contributed by atoms with E-state index in [1.807, 2.05) is 6.07 Å². The lowest BCUT2D eigenvalue weighted by Gasteiger charge is -2.13. The monoisotopic (exact) mass is 302 g/mol. The normalized spacial score (nSPS) is 10.9. The molecule has 2 rings (SSSR count). The van der Waals surface area contributed by atoms with Crippen molar-refractivity contribution in [2.24, 2.45) is 0 Å². The maximum absolute atomic E-state index is 12.8. The van der Waals surface area contributed by atoms with Gasteiger partial charge in [0.2, 0.25) is 0 Å². The first-order valence-electron chi connectivity index (χ1n) is 5.82. The van der Waals surface area contributed by atoms with E-state index in [0.717, 1.165) is 11.6 Å². The Kier molecular flexibility index (Phi) is 5.98. The van der Waals surface area contributed by atoms with Crippen molar-refractivity contribution >= 4 is 12.4 Å². The van der Waals surface area contributed by atoms with E-state index in [1.165, 1.54) is 12.1 Å². The fourth-order valence-corrected chi connectivity index (χ4v) is 1.80. The van der Waals surface area contributed by atoms with Gasteiger partial charge in [-0.3, -0.25) is 4.98 Å². The molecule has 1 aromatic heterocycles. The van der Waals surface area contributed by atoms with Crippen molar-refractivity contribution in [1.29, 1.82) is 0 Å². The summed E-state index contributed by atoms with van der Waals surface area (Å²) in [6, 6.07) is 9.25. The lowest BCUT2D eigenvalue weighted by Crippen LogP contribution is -2.17. The van der Waals surface area contributed by atoms with Gasteiger partial charge in [-0.2, -0.15) is 13.2 Å². The van der Waals surface area contributed by atoms with Crippen LogP contribution in [-0.2, 0) is 19.3 Å². The summed E-state index contributed by atoms with van der Waals surface area (Å²) < 4.78 is 38.3. The van der Waals surface area contributed by atoms with Crippen LogP contribution < -0.4 is 5.32 Å². The Balaban J connectivity index is 0.00000200. The summed E-state index contributed by atoms with van der Waals surface area (Å²) in [5, 5.41) is 2.99. The highest BCUT2D eigenvalue weighted by molar-refractivity contribution is 5.85. The minimum Gasteiger partial charge on any atom is -0.309 e. The molecule has 0 fully saturated rings. The summed E-state index contributed by atoms with van der Waals surface area (Å²) in [4.78, 5) is 3.95. The molecule has 2 aromatic rings. The van der Waals surface area contributed by atoms with Gasteiger partial charge in [0.25, 0.3) is 0 Å². The van der Waals surface area contributed by atoms with E-state index < -0.39 is 11.7 Å². The molecule has 1 aromatic carbocycles. The number of aromatic nitrogens is 1. The predicted octanol–water partition coefficient (Wildman–Crippen LogP) is 3.81. The predicted molar refractivity (Wildman–Crippen MR) is 73.5 cm³/mol. The minimum atomic E-state index is -4.31. The van der Waals surface area contributed by atoms with Crippen LogP contribution in [0.2, 0.25) is 0 Å². The average molecular weight is 303 g/mol. The standard InChI is InChI=1S/C14H13F3N2.ClH/c15-14(16,17)13-6-2-1-5-12(13)10-19-9-11-4-3-7-18-8-11;/h1-8,19H,9-10H2;1H. The largest absolute Gasteiger partial charge is 0.416 e. The molecular weight excluding hydrogens is 289 g/mol. The SMILES string of the molecule is Cl.FC(F)(F)c1ccccc1CNCc1cccnc1. The van der Waals surface area contributed by atoms with Crippen molar-refractivity contribution < 1.29 is 13.2 Å². The molecule has 0 unspecified atom stereocenters. The Morgan fingerprint density at radius 3 is 2.40 bits per heavy atom. The van der Waals surface area contributed by atoms with E-state index in [4.69, 9.17) is 0 Å². The first-order chi connectivity index (χ1) is 9.07. The number of hydrogen-bond acceptors (Lipinski definition) is 2. The highest BCUT2D eigenvalue weighted by atomic mass is 35.5. The zero-order valence-electron chi connectivity index (χ0n) is 10.5. The molecule has 2 nitrogen and oxygen atoms in total. The number of alkyl halides is 3. The molecule has 108 valence electrons. The van der Waals surface area contributed by atoms with Crippen molar-refractivity contribution in [3.8, 4) is 0 Å².